The molecule has 3 heterocycles. The van der Waals surface area contributed by atoms with Gasteiger partial charge in [0.1, 0.15) is 11.3 Å². The molecule has 5 rings (SSSR count). The van der Waals surface area contributed by atoms with Crippen LogP contribution in [-0.4, -0.2) is 31.9 Å². The summed E-state index contributed by atoms with van der Waals surface area (Å²) in [4.78, 5) is 21.2. The number of ether oxygens (including phenoxy) is 1. The van der Waals surface area contributed by atoms with Gasteiger partial charge >= 0.3 is 6.09 Å². The number of H-pyrrole nitrogens is 1. The molecule has 8 heteroatoms. The molecule has 0 bridgehead atoms. The van der Waals surface area contributed by atoms with Crippen molar-refractivity contribution in [2.45, 2.75) is 45.6 Å². The molecule has 2 aromatic carbocycles. The van der Waals surface area contributed by atoms with E-state index in [2.05, 4.69) is 37.6 Å². The Labute approximate surface area is 220 Å². The zero-order valence-corrected chi connectivity index (χ0v) is 22.0. The van der Waals surface area contributed by atoms with E-state index in [4.69, 9.17) is 4.74 Å². The van der Waals surface area contributed by atoms with Crippen LogP contribution in [0.1, 0.15) is 40.2 Å². The van der Waals surface area contributed by atoms with Gasteiger partial charge in [-0.3, -0.25) is 20.4 Å². The third kappa shape index (κ3) is 4.91. The third-order valence-corrected chi connectivity index (χ3v) is 6.27. The molecule has 0 saturated carbocycles. The lowest BCUT2D eigenvalue weighted by Gasteiger charge is -2.19. The van der Waals surface area contributed by atoms with Crippen molar-refractivity contribution in [1.82, 2.24) is 20.2 Å². The number of carbonyl (C=O) groups excluding carboxylic acids is 1. The number of nitrogens with zero attached hydrogens (tertiary/aromatic N) is 4. The molecule has 38 heavy (non-hydrogen) atoms. The number of hydrogen-bond acceptors (Lipinski definition) is 6. The first-order valence-corrected chi connectivity index (χ1v) is 12.3. The van der Waals surface area contributed by atoms with E-state index < -0.39 is 17.1 Å². The van der Waals surface area contributed by atoms with Crippen molar-refractivity contribution < 1.29 is 9.53 Å². The van der Waals surface area contributed by atoms with E-state index in [1.807, 2.05) is 77.1 Å². The predicted octanol–water partition coefficient (Wildman–Crippen LogP) is 6.99. The summed E-state index contributed by atoms with van der Waals surface area (Å²) in [5.41, 5.74) is 5.49. The number of anilines is 1. The Balaban J connectivity index is 1.55. The zero-order valence-electron chi connectivity index (χ0n) is 22.0. The van der Waals surface area contributed by atoms with Crippen LogP contribution in [0.25, 0.3) is 44.2 Å². The number of fused-ring (bicyclic) bond motifs is 3. The van der Waals surface area contributed by atoms with E-state index in [1.165, 1.54) is 0 Å². The van der Waals surface area contributed by atoms with Crippen LogP contribution < -0.4 is 5.32 Å². The fourth-order valence-corrected chi connectivity index (χ4v) is 4.29. The highest BCUT2D eigenvalue weighted by Gasteiger charge is 2.21. The summed E-state index contributed by atoms with van der Waals surface area (Å²) in [5.74, 6) is 0. The van der Waals surface area contributed by atoms with Gasteiger partial charge in [-0.15, -0.1) is 0 Å². The minimum absolute atomic E-state index is 0.534. The van der Waals surface area contributed by atoms with Gasteiger partial charge < -0.3 is 4.74 Å². The Kier molecular flexibility index (Phi) is 6.08. The Morgan fingerprint density at radius 1 is 0.947 bits per heavy atom. The summed E-state index contributed by atoms with van der Waals surface area (Å²) in [5, 5.41) is 21.8. The van der Waals surface area contributed by atoms with E-state index in [1.54, 1.807) is 18.6 Å². The zero-order chi connectivity index (χ0) is 27.1. The summed E-state index contributed by atoms with van der Waals surface area (Å²) >= 11 is 0. The summed E-state index contributed by atoms with van der Waals surface area (Å²) in [6, 6.07) is 18.2. The van der Waals surface area contributed by atoms with Gasteiger partial charge in [-0.05, 0) is 63.9 Å². The second kappa shape index (κ2) is 9.27. The molecule has 0 aliphatic carbocycles. The van der Waals surface area contributed by atoms with Crippen molar-refractivity contribution in [3.05, 3.63) is 72.7 Å². The van der Waals surface area contributed by atoms with Crippen LogP contribution in [0, 0.1) is 11.3 Å². The lowest BCUT2D eigenvalue weighted by atomic mass is 9.86. The first kappa shape index (κ1) is 24.9. The van der Waals surface area contributed by atoms with E-state index in [9.17, 15) is 10.1 Å². The molecule has 0 saturated heterocycles. The molecule has 0 fully saturated rings. The average molecular weight is 505 g/mol. The SMILES string of the molecule is CC(C)(C)OC(=O)Nc1cncc(-c2ccc3ncc4[nH]nc(-c5ccc(C(C)(C)C#N)cc5)c4c3c2)c1. The Bertz CT molecular complexity index is 1710. The van der Waals surface area contributed by atoms with E-state index in [0.29, 0.717) is 5.69 Å². The summed E-state index contributed by atoms with van der Waals surface area (Å²) < 4.78 is 5.36. The van der Waals surface area contributed by atoms with Crippen LogP contribution >= 0.6 is 0 Å². The molecular weight excluding hydrogens is 476 g/mol. The largest absolute Gasteiger partial charge is 0.444 e. The molecule has 0 aliphatic heterocycles. The van der Waals surface area contributed by atoms with Gasteiger partial charge in [-0.25, -0.2) is 4.79 Å². The van der Waals surface area contributed by atoms with Crippen LogP contribution in [0.5, 0.6) is 0 Å². The van der Waals surface area contributed by atoms with Crippen molar-refractivity contribution in [3.8, 4) is 28.5 Å². The summed E-state index contributed by atoms with van der Waals surface area (Å²) in [6.07, 6.45) is 4.59. The molecule has 8 nitrogen and oxygen atoms in total. The number of nitrogens with one attached hydrogen (secondary N) is 2. The monoisotopic (exact) mass is 504 g/mol. The van der Waals surface area contributed by atoms with E-state index in [-0.39, 0.29) is 0 Å². The first-order chi connectivity index (χ1) is 18.0. The van der Waals surface area contributed by atoms with Gasteiger partial charge in [-0.2, -0.15) is 10.4 Å². The van der Waals surface area contributed by atoms with Crippen molar-refractivity contribution in [1.29, 1.82) is 5.26 Å². The van der Waals surface area contributed by atoms with Crippen LogP contribution in [0.15, 0.2) is 67.1 Å². The molecule has 0 radical (unpaired) electrons. The highest BCUT2D eigenvalue weighted by molar-refractivity contribution is 6.11. The lowest BCUT2D eigenvalue weighted by molar-refractivity contribution is 0.0636. The Morgan fingerprint density at radius 2 is 1.68 bits per heavy atom. The quantitative estimate of drug-likeness (QED) is 0.272. The number of carbonyl (C=O) groups is 1. The van der Waals surface area contributed by atoms with Gasteiger partial charge in [0, 0.05) is 28.1 Å². The van der Waals surface area contributed by atoms with Gasteiger partial charge in [0.25, 0.3) is 0 Å². The minimum atomic E-state index is -0.597. The molecule has 0 aliphatic rings. The molecular formula is C30H28N6O2. The van der Waals surface area contributed by atoms with Crippen molar-refractivity contribution in [3.63, 3.8) is 0 Å². The number of amides is 1. The van der Waals surface area contributed by atoms with Gasteiger partial charge in [0.15, 0.2) is 0 Å². The summed E-state index contributed by atoms with van der Waals surface area (Å²) in [7, 11) is 0. The maximum absolute atomic E-state index is 12.2. The second-order valence-corrected chi connectivity index (χ2v) is 10.8. The maximum atomic E-state index is 12.2. The molecule has 0 spiro atoms. The standard InChI is InChI=1S/C30H28N6O2/c1-29(2,3)38-28(37)34-22-12-20(14-32-15-22)19-8-11-24-23(13-19)26-25(16-33-24)35-36-27(26)18-6-9-21(10-7-18)30(4,5)17-31/h6-16H,1-5H3,(H,34,37)(H,35,36). The van der Waals surface area contributed by atoms with Crippen molar-refractivity contribution >= 4 is 33.6 Å². The number of nitriles is 1. The summed E-state index contributed by atoms with van der Waals surface area (Å²) in [6.45, 7) is 9.25. The third-order valence-electron chi connectivity index (χ3n) is 6.27. The van der Waals surface area contributed by atoms with Crippen LogP contribution in [0.3, 0.4) is 0 Å². The number of pyridine rings is 2. The number of rotatable bonds is 4. The normalized spacial score (nSPS) is 11.9. The minimum Gasteiger partial charge on any atom is -0.444 e. The van der Waals surface area contributed by atoms with Crippen LogP contribution in [-0.2, 0) is 10.2 Å². The smallest absolute Gasteiger partial charge is 0.412 e. The van der Waals surface area contributed by atoms with Gasteiger partial charge in [0.2, 0.25) is 0 Å². The van der Waals surface area contributed by atoms with Gasteiger partial charge in [-0.1, -0.05) is 30.3 Å². The molecule has 5 aromatic rings. The van der Waals surface area contributed by atoms with E-state index in [0.717, 1.165) is 49.8 Å². The second-order valence-electron chi connectivity index (χ2n) is 10.8. The fourth-order valence-electron chi connectivity index (χ4n) is 4.29. The molecule has 3 aromatic heterocycles. The molecule has 2 N–H and O–H groups in total. The van der Waals surface area contributed by atoms with Crippen LogP contribution in [0.4, 0.5) is 10.5 Å². The highest BCUT2D eigenvalue weighted by atomic mass is 16.6. The van der Waals surface area contributed by atoms with Crippen molar-refractivity contribution in [2.24, 2.45) is 0 Å². The molecule has 1 amide bonds. The Hall–Kier alpha value is -4.77. The number of benzene rings is 2. The van der Waals surface area contributed by atoms with Crippen LogP contribution in [0.2, 0.25) is 0 Å². The number of aromatic amines is 1. The Morgan fingerprint density at radius 3 is 2.39 bits per heavy atom. The first-order valence-electron chi connectivity index (χ1n) is 12.3. The topological polar surface area (TPSA) is 117 Å². The average Bonchev–Trinajstić information content (AvgIpc) is 3.32. The lowest BCUT2D eigenvalue weighted by Crippen LogP contribution is -2.27. The van der Waals surface area contributed by atoms with Crippen molar-refractivity contribution in [2.75, 3.05) is 5.32 Å². The predicted molar refractivity (Wildman–Crippen MR) is 149 cm³/mol. The molecule has 0 atom stereocenters. The van der Waals surface area contributed by atoms with E-state index >= 15 is 0 Å². The highest BCUT2D eigenvalue weighted by Crippen LogP contribution is 2.35. The fraction of sp³-hybridized carbons (Fsp3) is 0.233. The number of hydrogen-bond donors (Lipinski definition) is 2. The van der Waals surface area contributed by atoms with Gasteiger partial charge in [0.05, 0.1) is 40.6 Å². The molecule has 0 unspecified atom stereocenters. The number of aromatic nitrogens is 4. The molecule has 190 valence electrons. The maximum Gasteiger partial charge on any atom is 0.412 e.